The molecule has 0 saturated carbocycles. The molecule has 0 aliphatic rings. The monoisotopic (exact) mass is 390 g/mol. The summed E-state index contributed by atoms with van der Waals surface area (Å²) >= 11 is 0. The van der Waals surface area contributed by atoms with Crippen molar-refractivity contribution in [2.24, 2.45) is 0 Å². The lowest BCUT2D eigenvalue weighted by molar-refractivity contribution is 0.0952. The average molecular weight is 390 g/mol. The third kappa shape index (κ3) is 3.71. The van der Waals surface area contributed by atoms with Crippen LogP contribution >= 0.6 is 0 Å². The van der Waals surface area contributed by atoms with Crippen LogP contribution in [0.15, 0.2) is 57.7 Å². The number of hydrogen-bond acceptors (Lipinski definition) is 4. The summed E-state index contributed by atoms with van der Waals surface area (Å²) in [4.78, 5) is 24.7. The van der Waals surface area contributed by atoms with Crippen LogP contribution in [0.3, 0.4) is 0 Å². The number of hydrogen-bond donors (Lipinski definition) is 1. The number of rotatable bonds is 5. The third-order valence-electron chi connectivity index (χ3n) is 4.81. The number of amides is 1. The summed E-state index contributed by atoms with van der Waals surface area (Å²) in [6.45, 7) is 6.49. The molecule has 2 heterocycles. The molecule has 0 unspecified atom stereocenters. The maximum atomic E-state index is 12.6. The van der Waals surface area contributed by atoms with Crippen molar-refractivity contribution in [2.75, 3.05) is 6.54 Å². The maximum absolute atomic E-state index is 12.6. The number of fused-ring (bicyclic) bond motifs is 1. The summed E-state index contributed by atoms with van der Waals surface area (Å²) in [5.41, 5.74) is 5.59. The first-order chi connectivity index (χ1) is 13.9. The molecule has 1 N–H and O–H groups in total. The summed E-state index contributed by atoms with van der Waals surface area (Å²) < 4.78 is 8.62. The quantitative estimate of drug-likeness (QED) is 0.568. The molecule has 4 aromatic rings. The topological polar surface area (TPSA) is 82.1 Å². The molecule has 7 heteroatoms. The van der Waals surface area contributed by atoms with E-state index in [9.17, 15) is 9.59 Å². The van der Waals surface area contributed by atoms with Gasteiger partial charge in [0.05, 0.1) is 16.9 Å². The number of aryl methyl sites for hydroxylation is 3. The van der Waals surface area contributed by atoms with Gasteiger partial charge in [-0.2, -0.15) is 5.10 Å². The number of nitrogens with one attached hydrogen (secondary N) is 1. The molecule has 148 valence electrons. The molecule has 0 fully saturated rings. The van der Waals surface area contributed by atoms with E-state index in [0.717, 1.165) is 28.2 Å². The number of nitrogens with zero attached hydrogens (tertiary/aromatic N) is 3. The molecule has 0 bridgehead atoms. The van der Waals surface area contributed by atoms with Crippen molar-refractivity contribution in [1.82, 2.24) is 19.7 Å². The van der Waals surface area contributed by atoms with Gasteiger partial charge in [-0.15, -0.1) is 0 Å². The van der Waals surface area contributed by atoms with Crippen LogP contribution in [0.25, 0.3) is 16.8 Å². The van der Waals surface area contributed by atoms with Crippen molar-refractivity contribution < 1.29 is 9.21 Å². The van der Waals surface area contributed by atoms with Crippen molar-refractivity contribution in [2.45, 2.75) is 27.3 Å². The first-order valence-electron chi connectivity index (χ1n) is 9.44. The maximum Gasteiger partial charge on any atom is 0.420 e. The minimum Gasteiger partial charge on any atom is -0.408 e. The fourth-order valence-corrected chi connectivity index (χ4v) is 3.44. The normalized spacial score (nSPS) is 11.1. The van der Waals surface area contributed by atoms with E-state index in [4.69, 9.17) is 4.42 Å². The molecule has 0 aliphatic heterocycles. The van der Waals surface area contributed by atoms with Crippen molar-refractivity contribution in [3.05, 3.63) is 81.6 Å². The molecule has 0 atom stereocenters. The van der Waals surface area contributed by atoms with Crippen LogP contribution in [0.5, 0.6) is 0 Å². The van der Waals surface area contributed by atoms with Crippen LogP contribution in [0.2, 0.25) is 0 Å². The molecule has 29 heavy (non-hydrogen) atoms. The Balaban J connectivity index is 1.47. The van der Waals surface area contributed by atoms with Gasteiger partial charge in [0.1, 0.15) is 0 Å². The zero-order valence-electron chi connectivity index (χ0n) is 16.6. The molecule has 0 radical (unpaired) electrons. The minimum atomic E-state index is -0.425. The van der Waals surface area contributed by atoms with Gasteiger partial charge in [0, 0.05) is 24.3 Å². The minimum absolute atomic E-state index is 0.204. The van der Waals surface area contributed by atoms with Crippen LogP contribution in [-0.2, 0) is 6.54 Å². The molecule has 2 aromatic carbocycles. The lowest BCUT2D eigenvalue weighted by atomic mass is 10.2. The third-order valence-corrected chi connectivity index (χ3v) is 4.81. The first kappa shape index (κ1) is 18.7. The molecule has 0 spiro atoms. The van der Waals surface area contributed by atoms with Gasteiger partial charge >= 0.3 is 5.76 Å². The van der Waals surface area contributed by atoms with Gasteiger partial charge in [0.15, 0.2) is 5.58 Å². The largest absolute Gasteiger partial charge is 0.420 e. The van der Waals surface area contributed by atoms with Gasteiger partial charge in [-0.3, -0.25) is 9.36 Å². The van der Waals surface area contributed by atoms with E-state index in [2.05, 4.69) is 10.4 Å². The fourth-order valence-electron chi connectivity index (χ4n) is 3.44. The van der Waals surface area contributed by atoms with E-state index in [-0.39, 0.29) is 5.91 Å². The number of carbonyl (C=O) groups excluding carboxylic acids is 1. The number of oxazole rings is 1. The Bertz CT molecular complexity index is 1260. The standard InChI is InChI=1S/C22H22N4O3/c1-14-7-8-19-20(11-14)29-22(28)25(19)10-9-23-21(27)17-5-4-6-18(13-17)26-16(3)12-15(2)24-26/h4-8,11-13H,9-10H2,1-3H3,(H,23,27). The van der Waals surface area contributed by atoms with Gasteiger partial charge in [0.25, 0.3) is 5.91 Å². The summed E-state index contributed by atoms with van der Waals surface area (Å²) in [7, 11) is 0. The lowest BCUT2D eigenvalue weighted by Crippen LogP contribution is -2.29. The number of benzene rings is 2. The molecule has 2 aromatic heterocycles. The zero-order chi connectivity index (χ0) is 20.5. The Hall–Kier alpha value is -3.61. The second-order valence-electron chi connectivity index (χ2n) is 7.14. The Kier molecular flexibility index (Phi) is 4.80. The molecule has 0 saturated heterocycles. The molecule has 4 rings (SSSR count). The van der Waals surface area contributed by atoms with E-state index < -0.39 is 5.76 Å². The second kappa shape index (κ2) is 7.43. The number of aromatic nitrogens is 3. The van der Waals surface area contributed by atoms with Crippen molar-refractivity contribution in [3.63, 3.8) is 0 Å². The van der Waals surface area contributed by atoms with Crippen LogP contribution in [0.4, 0.5) is 0 Å². The predicted molar refractivity (Wildman–Crippen MR) is 111 cm³/mol. The van der Waals surface area contributed by atoms with Crippen LogP contribution in [0.1, 0.15) is 27.3 Å². The second-order valence-corrected chi connectivity index (χ2v) is 7.14. The Morgan fingerprint density at radius 2 is 1.93 bits per heavy atom. The summed E-state index contributed by atoms with van der Waals surface area (Å²) in [6.07, 6.45) is 0. The van der Waals surface area contributed by atoms with Crippen molar-refractivity contribution in [3.8, 4) is 5.69 Å². The Morgan fingerprint density at radius 1 is 1.10 bits per heavy atom. The van der Waals surface area contributed by atoms with Crippen molar-refractivity contribution >= 4 is 17.0 Å². The van der Waals surface area contributed by atoms with E-state index in [1.807, 2.05) is 61.9 Å². The van der Waals surface area contributed by atoms with Crippen LogP contribution in [0, 0.1) is 20.8 Å². The number of carbonyl (C=O) groups is 1. The zero-order valence-corrected chi connectivity index (χ0v) is 16.6. The van der Waals surface area contributed by atoms with Crippen LogP contribution in [-0.4, -0.2) is 26.8 Å². The SMILES string of the molecule is Cc1ccc2c(c1)oc(=O)n2CCNC(=O)c1cccc(-n2nc(C)cc2C)c1. The van der Waals surface area contributed by atoms with E-state index in [0.29, 0.717) is 24.2 Å². The smallest absolute Gasteiger partial charge is 0.408 e. The Morgan fingerprint density at radius 3 is 2.69 bits per heavy atom. The predicted octanol–water partition coefficient (Wildman–Crippen LogP) is 3.14. The van der Waals surface area contributed by atoms with Gasteiger partial charge in [-0.1, -0.05) is 12.1 Å². The molecular weight excluding hydrogens is 368 g/mol. The highest BCUT2D eigenvalue weighted by molar-refractivity contribution is 5.94. The molecular formula is C22H22N4O3. The summed E-state index contributed by atoms with van der Waals surface area (Å²) in [5, 5.41) is 7.33. The average Bonchev–Trinajstić information content (AvgIpc) is 3.19. The van der Waals surface area contributed by atoms with Gasteiger partial charge < -0.3 is 9.73 Å². The highest BCUT2D eigenvalue weighted by Gasteiger charge is 2.11. The van der Waals surface area contributed by atoms with Gasteiger partial charge in [-0.25, -0.2) is 9.48 Å². The highest BCUT2D eigenvalue weighted by atomic mass is 16.4. The molecule has 7 nitrogen and oxygen atoms in total. The van der Waals surface area contributed by atoms with Crippen molar-refractivity contribution in [1.29, 1.82) is 0 Å². The molecule has 0 aliphatic carbocycles. The van der Waals surface area contributed by atoms with E-state index in [1.54, 1.807) is 12.1 Å². The Labute approximate surface area is 167 Å². The van der Waals surface area contributed by atoms with Gasteiger partial charge in [0.2, 0.25) is 0 Å². The first-order valence-corrected chi connectivity index (χ1v) is 9.44. The molecule has 1 amide bonds. The van der Waals surface area contributed by atoms with Crippen LogP contribution < -0.4 is 11.1 Å². The highest BCUT2D eigenvalue weighted by Crippen LogP contribution is 2.15. The summed E-state index contributed by atoms with van der Waals surface area (Å²) in [6, 6.07) is 14.9. The fraction of sp³-hybridized carbons (Fsp3) is 0.227. The lowest BCUT2D eigenvalue weighted by Gasteiger charge is -2.09. The van der Waals surface area contributed by atoms with E-state index >= 15 is 0 Å². The van der Waals surface area contributed by atoms with E-state index in [1.165, 1.54) is 4.57 Å². The van der Waals surface area contributed by atoms with Gasteiger partial charge in [-0.05, 0) is 62.7 Å². The summed E-state index contributed by atoms with van der Waals surface area (Å²) in [5.74, 6) is -0.628.